The van der Waals surface area contributed by atoms with Crippen LogP contribution in [0.25, 0.3) is 0 Å². The van der Waals surface area contributed by atoms with Gasteiger partial charge in [0.25, 0.3) is 5.91 Å². The van der Waals surface area contributed by atoms with E-state index in [4.69, 9.17) is 0 Å². The van der Waals surface area contributed by atoms with Crippen LogP contribution in [-0.2, 0) is 9.84 Å². The lowest BCUT2D eigenvalue weighted by Gasteiger charge is -2.55. The lowest BCUT2D eigenvalue weighted by molar-refractivity contribution is -0.325. The average molecular weight is 664 g/mol. The Labute approximate surface area is 251 Å². The van der Waals surface area contributed by atoms with Crippen LogP contribution in [0.1, 0.15) is 53.3 Å². The van der Waals surface area contributed by atoms with Gasteiger partial charge in [0.2, 0.25) is 0 Å². The molecule has 0 bridgehead atoms. The summed E-state index contributed by atoms with van der Waals surface area (Å²) in [6.45, 7) is 1.16. The van der Waals surface area contributed by atoms with Gasteiger partial charge < -0.3 is 10.0 Å². The van der Waals surface area contributed by atoms with Crippen molar-refractivity contribution in [2.75, 3.05) is 6.54 Å². The number of halogens is 8. The molecule has 3 aliphatic rings. The molecule has 1 unspecified atom stereocenters. The number of carboxylic acid groups (broad SMARTS) is 1. The summed E-state index contributed by atoms with van der Waals surface area (Å²) >= 11 is 0. The molecule has 3 atom stereocenters. The molecule has 2 aromatic carbocycles. The molecule has 1 saturated carbocycles. The number of alkyl halides is 7. The first-order valence-corrected chi connectivity index (χ1v) is 15.1. The van der Waals surface area contributed by atoms with Crippen molar-refractivity contribution in [1.82, 2.24) is 4.90 Å². The quantitative estimate of drug-likeness (QED) is 0.280. The van der Waals surface area contributed by atoms with E-state index in [-0.39, 0.29) is 47.4 Å². The normalized spacial score (nSPS) is 25.6. The molecule has 15 heteroatoms. The zero-order valence-corrected chi connectivity index (χ0v) is 24.2. The lowest BCUT2D eigenvalue weighted by atomic mass is 9.57. The first-order valence-electron chi connectivity index (χ1n) is 13.6. The van der Waals surface area contributed by atoms with Crippen LogP contribution in [0.15, 0.2) is 76.7 Å². The Morgan fingerprint density at radius 1 is 0.911 bits per heavy atom. The van der Waals surface area contributed by atoms with Crippen LogP contribution in [0.2, 0.25) is 0 Å². The van der Waals surface area contributed by atoms with Gasteiger partial charge in [-0.05, 0) is 74.2 Å². The van der Waals surface area contributed by atoms with Gasteiger partial charge >= 0.3 is 24.0 Å². The molecule has 6 nitrogen and oxygen atoms in total. The molecular weight excluding hydrogens is 638 g/mol. The monoisotopic (exact) mass is 663 g/mol. The molecule has 5 rings (SSSR count). The zero-order valence-electron chi connectivity index (χ0n) is 23.3. The molecule has 1 amide bonds. The molecule has 0 radical (unpaired) electrons. The van der Waals surface area contributed by atoms with Crippen molar-refractivity contribution in [2.24, 2.45) is 5.41 Å². The molecule has 1 saturated heterocycles. The Balaban J connectivity index is 1.66. The first-order chi connectivity index (χ1) is 20.7. The van der Waals surface area contributed by atoms with Crippen molar-refractivity contribution >= 4 is 21.7 Å². The van der Waals surface area contributed by atoms with Crippen molar-refractivity contribution in [3.63, 3.8) is 0 Å². The Morgan fingerprint density at radius 3 is 2.00 bits per heavy atom. The van der Waals surface area contributed by atoms with E-state index < -0.39 is 73.8 Å². The number of carbonyl (C=O) groups is 2. The maximum atomic E-state index is 15.1. The highest BCUT2D eigenvalue weighted by Crippen LogP contribution is 2.64. The topological polar surface area (TPSA) is 91.8 Å². The predicted molar refractivity (Wildman–Crippen MR) is 143 cm³/mol. The predicted octanol–water partition coefficient (Wildman–Crippen LogP) is 6.84. The van der Waals surface area contributed by atoms with E-state index in [0.717, 1.165) is 24.3 Å². The highest BCUT2D eigenvalue weighted by molar-refractivity contribution is 7.93. The van der Waals surface area contributed by atoms with Crippen molar-refractivity contribution < 1.29 is 58.2 Å². The van der Waals surface area contributed by atoms with E-state index in [0.29, 0.717) is 12.2 Å². The van der Waals surface area contributed by atoms with Gasteiger partial charge in [-0.2, -0.15) is 26.3 Å². The largest absolute Gasteiger partial charge is 0.478 e. The minimum Gasteiger partial charge on any atom is -0.478 e. The summed E-state index contributed by atoms with van der Waals surface area (Å²) in [5, 5.41) is 9.18. The number of fused-ring (bicyclic) bond motifs is 3. The molecule has 0 spiro atoms. The number of carbonyl (C=O) groups excluding carboxylic acids is 1. The number of hydrogen-bond donors (Lipinski definition) is 1. The van der Waals surface area contributed by atoms with E-state index in [1.807, 2.05) is 0 Å². The van der Waals surface area contributed by atoms with Gasteiger partial charge in [-0.3, -0.25) is 4.79 Å². The Hall–Kier alpha value is -3.75. The van der Waals surface area contributed by atoms with Crippen LogP contribution >= 0.6 is 0 Å². The number of nitrogens with zero attached hydrogens (tertiary/aromatic N) is 1. The van der Waals surface area contributed by atoms with Crippen LogP contribution < -0.4 is 0 Å². The van der Waals surface area contributed by atoms with E-state index in [1.54, 1.807) is 0 Å². The highest BCUT2D eigenvalue weighted by atomic mass is 32.2. The minimum atomic E-state index is -6.37. The van der Waals surface area contributed by atoms with Gasteiger partial charge in [-0.15, -0.1) is 0 Å². The first kappa shape index (κ1) is 32.6. The minimum absolute atomic E-state index is 0.0184. The second-order valence-corrected chi connectivity index (χ2v) is 13.8. The summed E-state index contributed by atoms with van der Waals surface area (Å²) in [5.41, 5.74) is -9.39. The number of aromatic carboxylic acids is 1. The summed E-state index contributed by atoms with van der Waals surface area (Å²) in [7, 11) is -4.63. The van der Waals surface area contributed by atoms with Gasteiger partial charge in [0.1, 0.15) is 10.6 Å². The zero-order chi connectivity index (χ0) is 33.4. The molecule has 1 heterocycles. The molecule has 1 N–H and O–H groups in total. The van der Waals surface area contributed by atoms with Crippen LogP contribution in [0.4, 0.5) is 35.1 Å². The van der Waals surface area contributed by atoms with E-state index in [1.165, 1.54) is 36.1 Å². The summed E-state index contributed by atoms with van der Waals surface area (Å²) < 4.78 is 138. The fourth-order valence-electron chi connectivity index (χ4n) is 7.16. The van der Waals surface area contributed by atoms with Gasteiger partial charge in [-0.1, -0.05) is 24.6 Å². The summed E-state index contributed by atoms with van der Waals surface area (Å²) in [5.74, 6) is -2.69. The number of carboxylic acids is 1. The number of benzene rings is 2. The molecular formula is C30H25F8NO5S. The Morgan fingerprint density at radius 2 is 1.47 bits per heavy atom. The number of rotatable bonds is 5. The van der Waals surface area contributed by atoms with E-state index >= 15 is 4.39 Å². The van der Waals surface area contributed by atoms with Crippen molar-refractivity contribution in [3.8, 4) is 0 Å². The van der Waals surface area contributed by atoms with Gasteiger partial charge in [0.05, 0.1) is 16.5 Å². The number of hydrogen-bond acceptors (Lipinski definition) is 4. The molecule has 2 aromatic rings. The maximum absolute atomic E-state index is 15.1. The highest BCUT2D eigenvalue weighted by Gasteiger charge is 2.75. The van der Waals surface area contributed by atoms with Crippen molar-refractivity contribution in [2.45, 2.75) is 66.3 Å². The Kier molecular flexibility index (Phi) is 7.54. The molecule has 1 aliphatic heterocycles. The van der Waals surface area contributed by atoms with Crippen LogP contribution in [0.5, 0.6) is 0 Å². The molecule has 0 aromatic heterocycles. The molecule has 45 heavy (non-hydrogen) atoms. The maximum Gasteiger partial charge on any atom is 0.435 e. The second-order valence-electron chi connectivity index (χ2n) is 11.6. The summed E-state index contributed by atoms with van der Waals surface area (Å²) in [6, 6.07) is 7.40. The second kappa shape index (κ2) is 10.4. The number of likely N-dealkylation sites (tertiary alicyclic amines) is 1. The van der Waals surface area contributed by atoms with Crippen molar-refractivity contribution in [1.29, 1.82) is 0 Å². The smallest absolute Gasteiger partial charge is 0.435 e. The number of allylic oxidation sites excluding steroid dienone is 4. The van der Waals surface area contributed by atoms with Crippen molar-refractivity contribution in [3.05, 3.63) is 88.8 Å². The lowest BCUT2D eigenvalue weighted by Crippen LogP contribution is -2.64. The average Bonchev–Trinajstić information content (AvgIpc) is 3.37. The molecule has 242 valence electrons. The number of amides is 1. The van der Waals surface area contributed by atoms with Gasteiger partial charge in [0, 0.05) is 23.1 Å². The fourth-order valence-corrected chi connectivity index (χ4v) is 9.84. The van der Waals surface area contributed by atoms with Crippen LogP contribution in [-0.4, -0.2) is 65.7 Å². The molecule has 2 fully saturated rings. The Bertz CT molecular complexity index is 1700. The third-order valence-electron chi connectivity index (χ3n) is 9.45. The third kappa shape index (κ3) is 4.59. The molecule has 2 aliphatic carbocycles. The van der Waals surface area contributed by atoms with Crippen LogP contribution in [0, 0.1) is 11.2 Å². The van der Waals surface area contributed by atoms with Gasteiger partial charge in [-0.25, -0.2) is 22.0 Å². The SMILES string of the molecule is CC12CC=C(C(F)(C(F)(F)F)C(F)(F)F)C=C1CC[C@@H]1N(C(=O)c3ccc(C(=O)O)cc3)CC[C@@]12S(=O)(=O)c1ccc(F)cc1. The van der Waals surface area contributed by atoms with E-state index in [9.17, 15) is 53.8 Å². The summed E-state index contributed by atoms with van der Waals surface area (Å²) in [6.07, 6.45) is -13.4. The number of sulfone groups is 1. The third-order valence-corrected chi connectivity index (χ3v) is 12.2. The fraction of sp³-hybridized carbons (Fsp3) is 0.400. The summed E-state index contributed by atoms with van der Waals surface area (Å²) in [4.78, 5) is 25.8. The van der Waals surface area contributed by atoms with E-state index in [2.05, 4.69) is 0 Å². The van der Waals surface area contributed by atoms with Crippen LogP contribution in [0.3, 0.4) is 0 Å². The standard InChI is InChI=1S/C30H25F8NO5S/c1-26-13-12-20(28(32,29(33,34)35)30(36,37)38)16-19(26)6-11-23-27(26,45(43,44)22-9-7-21(31)8-10-22)14-15-39(23)24(40)17-2-4-18(5-3-17)25(41)42/h2-5,7-10,12,16,23H,6,11,13-15H2,1H3,(H,41,42)/t23-,26?,27+/m0/s1. The van der Waals surface area contributed by atoms with Gasteiger partial charge in [0.15, 0.2) is 9.84 Å².